The van der Waals surface area contributed by atoms with Gasteiger partial charge in [0.05, 0.1) is 0 Å². The van der Waals surface area contributed by atoms with Crippen molar-refractivity contribution >= 4 is 17.7 Å². The number of carboxylic acids is 1. The first-order valence-electron chi connectivity index (χ1n) is 5.34. The highest BCUT2D eigenvalue weighted by Gasteiger charge is 2.15. The normalized spacial score (nSPS) is 10.8. The number of amides is 2. The van der Waals surface area contributed by atoms with Gasteiger partial charge in [0.25, 0.3) is 0 Å². The van der Waals surface area contributed by atoms with Crippen molar-refractivity contribution in [3.63, 3.8) is 0 Å². The van der Waals surface area contributed by atoms with E-state index in [1.54, 1.807) is 0 Å². The molecule has 0 aliphatic rings. The lowest BCUT2D eigenvalue weighted by Crippen LogP contribution is -2.43. The van der Waals surface area contributed by atoms with E-state index in [9.17, 15) is 14.7 Å². The number of urea groups is 1. The second kappa shape index (κ2) is 4.95. The van der Waals surface area contributed by atoms with Crippen LogP contribution in [-0.2, 0) is 0 Å². The molecule has 0 aliphatic heterocycles. The highest BCUT2D eigenvalue weighted by molar-refractivity contribution is 5.95. The quantitative estimate of drug-likeness (QED) is 0.605. The number of benzene rings is 1. The van der Waals surface area contributed by atoms with E-state index in [0.29, 0.717) is 5.69 Å². The molecule has 6 heteroatoms. The molecule has 18 heavy (non-hydrogen) atoms. The highest BCUT2D eigenvalue weighted by atomic mass is 16.4. The largest absolute Gasteiger partial charge is 0.507 e. The van der Waals surface area contributed by atoms with Gasteiger partial charge in [-0.2, -0.15) is 0 Å². The molecule has 0 heterocycles. The fourth-order valence-electron chi connectivity index (χ4n) is 1.29. The van der Waals surface area contributed by atoms with Crippen molar-refractivity contribution in [1.82, 2.24) is 5.32 Å². The Morgan fingerprint density at radius 1 is 1.22 bits per heavy atom. The number of aromatic hydroxyl groups is 1. The number of nitrogens with one attached hydrogen (secondary N) is 2. The second-order valence-electron chi connectivity index (χ2n) is 4.87. The lowest BCUT2D eigenvalue weighted by molar-refractivity contribution is 0.0693. The summed E-state index contributed by atoms with van der Waals surface area (Å²) in [6.45, 7) is 5.48. The van der Waals surface area contributed by atoms with Gasteiger partial charge < -0.3 is 20.8 Å². The fraction of sp³-hybridized carbons (Fsp3) is 0.333. The van der Waals surface area contributed by atoms with Gasteiger partial charge in [0.2, 0.25) is 0 Å². The van der Waals surface area contributed by atoms with Crippen LogP contribution in [0.4, 0.5) is 10.5 Å². The van der Waals surface area contributed by atoms with Crippen LogP contribution in [0.1, 0.15) is 31.1 Å². The van der Waals surface area contributed by atoms with Gasteiger partial charge in [0, 0.05) is 11.2 Å². The Balaban J connectivity index is 2.83. The fourth-order valence-corrected chi connectivity index (χ4v) is 1.29. The molecule has 1 rings (SSSR count). The number of carboxylic acid groups (broad SMARTS) is 1. The number of phenols is 1. The van der Waals surface area contributed by atoms with Crippen LogP contribution in [0.3, 0.4) is 0 Å². The zero-order valence-corrected chi connectivity index (χ0v) is 10.4. The minimum atomic E-state index is -1.26. The van der Waals surface area contributed by atoms with Crippen molar-refractivity contribution in [3.8, 4) is 5.75 Å². The highest BCUT2D eigenvalue weighted by Crippen LogP contribution is 2.21. The third-order valence-corrected chi connectivity index (χ3v) is 1.97. The summed E-state index contributed by atoms with van der Waals surface area (Å²) in [4.78, 5) is 22.4. The summed E-state index contributed by atoms with van der Waals surface area (Å²) in [5.74, 6) is -1.60. The molecule has 1 aromatic carbocycles. The molecule has 0 unspecified atom stereocenters. The number of carbonyl (C=O) groups excluding carboxylic acids is 1. The third-order valence-electron chi connectivity index (χ3n) is 1.97. The predicted molar refractivity (Wildman–Crippen MR) is 67.0 cm³/mol. The van der Waals surface area contributed by atoms with Gasteiger partial charge in [0.15, 0.2) is 0 Å². The first-order valence-corrected chi connectivity index (χ1v) is 5.34. The Morgan fingerprint density at radius 2 is 1.83 bits per heavy atom. The Hall–Kier alpha value is -2.24. The van der Waals surface area contributed by atoms with Crippen LogP contribution in [0.15, 0.2) is 18.2 Å². The Labute approximate surface area is 105 Å². The molecular weight excluding hydrogens is 236 g/mol. The van der Waals surface area contributed by atoms with Crippen molar-refractivity contribution in [3.05, 3.63) is 23.8 Å². The van der Waals surface area contributed by atoms with Crippen LogP contribution < -0.4 is 10.6 Å². The molecule has 98 valence electrons. The van der Waals surface area contributed by atoms with Crippen molar-refractivity contribution in [2.24, 2.45) is 0 Å². The van der Waals surface area contributed by atoms with Crippen LogP contribution >= 0.6 is 0 Å². The van der Waals surface area contributed by atoms with E-state index in [-0.39, 0.29) is 11.3 Å². The summed E-state index contributed by atoms with van der Waals surface area (Å²) in [5.41, 5.74) is -0.355. The van der Waals surface area contributed by atoms with E-state index in [1.165, 1.54) is 18.2 Å². The molecule has 1 aromatic rings. The van der Waals surface area contributed by atoms with Gasteiger partial charge >= 0.3 is 12.0 Å². The van der Waals surface area contributed by atoms with Crippen LogP contribution in [0.5, 0.6) is 5.75 Å². The first kappa shape index (κ1) is 13.8. The third kappa shape index (κ3) is 3.97. The first-order chi connectivity index (χ1) is 8.19. The lowest BCUT2D eigenvalue weighted by Gasteiger charge is -2.20. The maximum Gasteiger partial charge on any atom is 0.339 e. The van der Waals surface area contributed by atoms with Crippen LogP contribution in [-0.4, -0.2) is 27.8 Å². The molecule has 0 radical (unpaired) electrons. The molecular formula is C12H16N2O4. The number of carbonyl (C=O) groups is 2. The van der Waals surface area contributed by atoms with E-state index >= 15 is 0 Å². The van der Waals surface area contributed by atoms with Gasteiger partial charge in [-0.05, 0) is 39.0 Å². The SMILES string of the molecule is CC(C)(C)NC(=O)Nc1ccc(O)c(C(=O)O)c1. The number of hydrogen-bond donors (Lipinski definition) is 4. The molecule has 0 saturated heterocycles. The van der Waals surface area contributed by atoms with E-state index in [2.05, 4.69) is 10.6 Å². The van der Waals surface area contributed by atoms with Gasteiger partial charge in [-0.15, -0.1) is 0 Å². The summed E-state index contributed by atoms with van der Waals surface area (Å²) in [6, 6.07) is 3.39. The molecule has 6 nitrogen and oxygen atoms in total. The molecule has 0 atom stereocenters. The maximum absolute atomic E-state index is 11.6. The van der Waals surface area contributed by atoms with Gasteiger partial charge in [-0.1, -0.05) is 0 Å². The summed E-state index contributed by atoms with van der Waals surface area (Å²) in [6.07, 6.45) is 0. The predicted octanol–water partition coefficient (Wildman–Crippen LogP) is 2.01. The molecule has 0 bridgehead atoms. The molecule has 0 spiro atoms. The van der Waals surface area contributed by atoms with Crippen molar-refractivity contribution in [2.75, 3.05) is 5.32 Å². The van der Waals surface area contributed by atoms with Gasteiger partial charge in [-0.25, -0.2) is 9.59 Å². The molecule has 4 N–H and O–H groups in total. The monoisotopic (exact) mass is 252 g/mol. The molecule has 0 aliphatic carbocycles. The zero-order chi connectivity index (χ0) is 13.9. The number of aromatic carboxylic acids is 1. The molecule has 0 saturated carbocycles. The zero-order valence-electron chi connectivity index (χ0n) is 10.4. The number of rotatable bonds is 2. The number of hydrogen-bond acceptors (Lipinski definition) is 3. The van der Waals surface area contributed by atoms with E-state index in [1.807, 2.05) is 20.8 Å². The van der Waals surface area contributed by atoms with Crippen LogP contribution in [0.2, 0.25) is 0 Å². The van der Waals surface area contributed by atoms with Crippen molar-refractivity contribution < 1.29 is 19.8 Å². The van der Waals surface area contributed by atoms with E-state index in [0.717, 1.165) is 0 Å². The number of anilines is 1. The minimum Gasteiger partial charge on any atom is -0.507 e. The lowest BCUT2D eigenvalue weighted by atomic mass is 10.1. The van der Waals surface area contributed by atoms with Crippen molar-refractivity contribution in [1.29, 1.82) is 0 Å². The average molecular weight is 252 g/mol. The summed E-state index contributed by atoms with van der Waals surface area (Å²) < 4.78 is 0. The molecule has 0 fully saturated rings. The minimum absolute atomic E-state index is 0.261. The van der Waals surface area contributed by atoms with E-state index < -0.39 is 17.5 Å². The molecule has 0 aromatic heterocycles. The summed E-state index contributed by atoms with van der Waals surface area (Å²) in [7, 11) is 0. The average Bonchev–Trinajstić information content (AvgIpc) is 2.17. The smallest absolute Gasteiger partial charge is 0.339 e. The molecule has 2 amide bonds. The Kier molecular flexibility index (Phi) is 3.80. The van der Waals surface area contributed by atoms with Crippen LogP contribution in [0, 0.1) is 0 Å². The van der Waals surface area contributed by atoms with Gasteiger partial charge in [-0.3, -0.25) is 0 Å². The second-order valence-corrected chi connectivity index (χ2v) is 4.87. The Morgan fingerprint density at radius 3 is 2.33 bits per heavy atom. The topological polar surface area (TPSA) is 98.7 Å². The summed E-state index contributed by atoms with van der Waals surface area (Å²) in [5, 5.41) is 23.3. The Bertz CT molecular complexity index is 477. The standard InChI is InChI=1S/C12H16N2O4/c1-12(2,3)14-11(18)13-7-4-5-9(15)8(6-7)10(16)17/h4-6,15H,1-3H3,(H,16,17)(H2,13,14,18). The van der Waals surface area contributed by atoms with Crippen LogP contribution in [0.25, 0.3) is 0 Å². The van der Waals surface area contributed by atoms with Crippen molar-refractivity contribution in [2.45, 2.75) is 26.3 Å². The van der Waals surface area contributed by atoms with Gasteiger partial charge in [0.1, 0.15) is 11.3 Å². The maximum atomic E-state index is 11.6. The summed E-state index contributed by atoms with van der Waals surface area (Å²) >= 11 is 0. The van der Waals surface area contributed by atoms with E-state index in [4.69, 9.17) is 5.11 Å².